The first-order chi connectivity index (χ1) is 13.0. The van der Waals surface area contributed by atoms with Crippen molar-refractivity contribution in [2.24, 2.45) is 0 Å². The van der Waals surface area contributed by atoms with E-state index in [1.54, 1.807) is 18.2 Å². The average molecular weight is 384 g/mol. The van der Waals surface area contributed by atoms with Crippen molar-refractivity contribution in [2.45, 2.75) is 12.6 Å². The summed E-state index contributed by atoms with van der Waals surface area (Å²) in [6.45, 7) is 0.135. The molecule has 0 saturated carbocycles. The zero-order valence-electron chi connectivity index (χ0n) is 14.2. The number of benzene rings is 2. The number of anilines is 1. The predicted octanol–water partition coefficient (Wildman–Crippen LogP) is 3.22. The zero-order chi connectivity index (χ0) is 19.2. The molecule has 0 saturated heterocycles. The summed E-state index contributed by atoms with van der Waals surface area (Å²) in [5.74, 6) is -2.42. The second-order valence-corrected chi connectivity index (χ2v) is 6.93. The number of thiophene rings is 1. The Morgan fingerprint density at radius 2 is 1.67 bits per heavy atom. The molecule has 1 heterocycles. The normalized spacial score (nSPS) is 11.6. The van der Waals surface area contributed by atoms with Crippen molar-refractivity contribution >= 4 is 28.8 Å². The first-order valence-corrected chi connectivity index (χ1v) is 9.01. The lowest BCUT2D eigenvalue weighted by molar-refractivity contribution is -0.136. The predicted molar refractivity (Wildman–Crippen MR) is 102 cm³/mol. The minimum Gasteiger partial charge on any atom is -0.383 e. The van der Waals surface area contributed by atoms with E-state index in [2.05, 4.69) is 10.6 Å². The number of amides is 2. The second kappa shape index (κ2) is 8.57. The van der Waals surface area contributed by atoms with Crippen LogP contribution >= 0.6 is 11.3 Å². The number of nitrogens with one attached hydrogen (secondary N) is 2. The molecule has 138 valence electrons. The first kappa shape index (κ1) is 18.8. The molecule has 0 fully saturated rings. The average Bonchev–Trinajstić information content (AvgIpc) is 3.17. The number of rotatable bonds is 5. The Morgan fingerprint density at radius 1 is 0.963 bits per heavy atom. The summed E-state index contributed by atoms with van der Waals surface area (Å²) < 4.78 is 13.5. The van der Waals surface area contributed by atoms with Gasteiger partial charge in [0.2, 0.25) is 0 Å². The summed E-state index contributed by atoms with van der Waals surface area (Å²) in [5.41, 5.74) is 0.723. The molecule has 27 heavy (non-hydrogen) atoms. The molecule has 3 N–H and O–H groups in total. The van der Waals surface area contributed by atoms with Crippen LogP contribution in [0.4, 0.5) is 10.1 Å². The van der Waals surface area contributed by atoms with Crippen molar-refractivity contribution in [3.8, 4) is 0 Å². The van der Waals surface area contributed by atoms with Crippen LogP contribution in [-0.4, -0.2) is 16.9 Å². The Morgan fingerprint density at radius 3 is 2.41 bits per heavy atom. The molecule has 1 atom stereocenters. The molecular weight excluding hydrogens is 367 g/mol. The minimum atomic E-state index is -0.943. The fourth-order valence-corrected chi connectivity index (χ4v) is 3.39. The van der Waals surface area contributed by atoms with Gasteiger partial charge in [0.05, 0.1) is 12.2 Å². The summed E-state index contributed by atoms with van der Waals surface area (Å²) in [5, 5.41) is 15.1. The van der Waals surface area contributed by atoms with Gasteiger partial charge in [0.15, 0.2) is 0 Å². The van der Waals surface area contributed by atoms with Gasteiger partial charge in [0.1, 0.15) is 11.9 Å². The highest BCUT2D eigenvalue weighted by Crippen LogP contribution is 2.28. The van der Waals surface area contributed by atoms with Crippen LogP contribution in [0.5, 0.6) is 0 Å². The van der Waals surface area contributed by atoms with Gasteiger partial charge in [-0.3, -0.25) is 9.59 Å². The third-order valence-electron chi connectivity index (χ3n) is 3.82. The zero-order valence-corrected chi connectivity index (χ0v) is 15.0. The van der Waals surface area contributed by atoms with Gasteiger partial charge in [-0.15, -0.1) is 11.3 Å². The maximum absolute atomic E-state index is 13.5. The molecule has 0 bridgehead atoms. The smallest absolute Gasteiger partial charge is 0.313 e. The molecule has 2 aromatic carbocycles. The Balaban J connectivity index is 1.56. The van der Waals surface area contributed by atoms with Crippen molar-refractivity contribution in [3.05, 3.63) is 87.9 Å². The number of para-hydroxylation sites is 1. The highest BCUT2D eigenvalue weighted by Gasteiger charge is 2.16. The topological polar surface area (TPSA) is 78.4 Å². The van der Waals surface area contributed by atoms with Crippen LogP contribution in [0.1, 0.15) is 21.4 Å². The van der Waals surface area contributed by atoms with Crippen molar-refractivity contribution in [1.29, 1.82) is 0 Å². The third-order valence-corrected chi connectivity index (χ3v) is 4.96. The molecule has 3 aromatic rings. The molecule has 0 aliphatic heterocycles. The fourth-order valence-electron chi connectivity index (χ4n) is 2.43. The molecule has 0 aliphatic rings. The van der Waals surface area contributed by atoms with Crippen molar-refractivity contribution in [1.82, 2.24) is 5.32 Å². The van der Waals surface area contributed by atoms with E-state index in [0.29, 0.717) is 0 Å². The fraction of sp³-hybridized carbons (Fsp3) is 0.100. The number of carbonyl (C=O) groups excluding carboxylic acids is 2. The van der Waals surface area contributed by atoms with E-state index in [9.17, 15) is 19.1 Å². The largest absolute Gasteiger partial charge is 0.383 e. The van der Waals surface area contributed by atoms with Gasteiger partial charge in [0.25, 0.3) is 0 Å². The highest BCUT2D eigenvalue weighted by molar-refractivity contribution is 7.12. The van der Waals surface area contributed by atoms with Gasteiger partial charge in [-0.25, -0.2) is 4.39 Å². The van der Waals surface area contributed by atoms with Crippen LogP contribution in [-0.2, 0) is 16.1 Å². The Bertz CT molecular complexity index is 943. The molecule has 0 spiro atoms. The molecule has 7 heteroatoms. The van der Waals surface area contributed by atoms with Crippen LogP contribution in [0.3, 0.4) is 0 Å². The molecule has 1 aromatic heterocycles. The lowest BCUT2D eigenvalue weighted by Gasteiger charge is -2.08. The van der Waals surface area contributed by atoms with Crippen LogP contribution in [0.25, 0.3) is 0 Å². The first-order valence-electron chi connectivity index (χ1n) is 8.20. The van der Waals surface area contributed by atoms with E-state index in [4.69, 9.17) is 0 Å². The van der Waals surface area contributed by atoms with Crippen molar-refractivity contribution in [3.63, 3.8) is 0 Å². The van der Waals surface area contributed by atoms with E-state index in [0.717, 1.165) is 15.3 Å². The minimum absolute atomic E-state index is 0.0537. The van der Waals surface area contributed by atoms with Crippen LogP contribution in [0, 0.1) is 5.82 Å². The van der Waals surface area contributed by atoms with Gasteiger partial charge >= 0.3 is 11.8 Å². The number of carbonyl (C=O) groups is 2. The van der Waals surface area contributed by atoms with Crippen LogP contribution < -0.4 is 10.6 Å². The maximum Gasteiger partial charge on any atom is 0.313 e. The van der Waals surface area contributed by atoms with Crippen LogP contribution in [0.2, 0.25) is 0 Å². The molecule has 3 rings (SSSR count). The Labute approximate surface area is 159 Å². The van der Waals surface area contributed by atoms with E-state index < -0.39 is 23.7 Å². The third kappa shape index (κ3) is 4.78. The molecular formula is C20H17FN2O3S. The lowest BCUT2D eigenvalue weighted by atomic mass is 10.1. The molecule has 1 unspecified atom stereocenters. The SMILES string of the molecule is O=C(NCc1ccc(C(O)c2ccccc2)s1)C(=O)Nc1ccccc1F. The summed E-state index contributed by atoms with van der Waals surface area (Å²) in [7, 11) is 0. The number of hydrogen-bond acceptors (Lipinski definition) is 4. The summed E-state index contributed by atoms with van der Waals surface area (Å²) in [6, 6.07) is 18.4. The second-order valence-electron chi connectivity index (χ2n) is 5.73. The van der Waals surface area contributed by atoms with E-state index in [1.807, 2.05) is 30.3 Å². The quantitative estimate of drug-likeness (QED) is 0.591. The number of aliphatic hydroxyl groups is 1. The molecule has 2 amide bonds. The molecule has 0 radical (unpaired) electrons. The van der Waals surface area contributed by atoms with Gasteiger partial charge in [0, 0.05) is 9.75 Å². The lowest BCUT2D eigenvalue weighted by Crippen LogP contribution is -2.35. The Kier molecular flexibility index (Phi) is 5.95. The van der Waals surface area contributed by atoms with Gasteiger partial charge in [-0.2, -0.15) is 0 Å². The molecule has 0 aliphatic carbocycles. The van der Waals surface area contributed by atoms with Gasteiger partial charge in [-0.1, -0.05) is 42.5 Å². The number of hydrogen-bond donors (Lipinski definition) is 3. The van der Waals surface area contributed by atoms with E-state index in [1.165, 1.54) is 29.5 Å². The van der Waals surface area contributed by atoms with Crippen molar-refractivity contribution in [2.75, 3.05) is 5.32 Å². The molecule has 5 nitrogen and oxygen atoms in total. The highest BCUT2D eigenvalue weighted by atomic mass is 32.1. The summed E-state index contributed by atoms with van der Waals surface area (Å²) >= 11 is 1.34. The van der Waals surface area contributed by atoms with Crippen LogP contribution in [0.15, 0.2) is 66.7 Å². The summed E-state index contributed by atoms with van der Waals surface area (Å²) in [4.78, 5) is 25.3. The number of aliphatic hydroxyl groups excluding tert-OH is 1. The van der Waals surface area contributed by atoms with Gasteiger partial charge < -0.3 is 15.7 Å². The Hall–Kier alpha value is -3.03. The number of halogens is 1. The van der Waals surface area contributed by atoms with E-state index in [-0.39, 0.29) is 12.2 Å². The van der Waals surface area contributed by atoms with Gasteiger partial charge in [-0.05, 0) is 29.8 Å². The summed E-state index contributed by atoms with van der Waals surface area (Å²) in [6.07, 6.45) is -0.745. The van der Waals surface area contributed by atoms with E-state index >= 15 is 0 Å². The van der Waals surface area contributed by atoms with Crippen molar-refractivity contribution < 1.29 is 19.1 Å². The standard InChI is InChI=1S/C20H17FN2O3S/c21-15-8-4-5-9-16(15)23-20(26)19(25)22-12-14-10-11-17(27-14)18(24)13-6-2-1-3-7-13/h1-11,18,24H,12H2,(H,22,25)(H,23,26). The maximum atomic E-state index is 13.5. The monoisotopic (exact) mass is 384 g/mol.